The predicted octanol–water partition coefficient (Wildman–Crippen LogP) is 2.87. The quantitative estimate of drug-likeness (QED) is 0.570. The number of nitrogens with one attached hydrogen (secondary N) is 1. The lowest BCUT2D eigenvalue weighted by molar-refractivity contribution is 0.281. The van der Waals surface area contributed by atoms with Crippen LogP contribution in [0.15, 0.2) is 66.0 Å². The summed E-state index contributed by atoms with van der Waals surface area (Å²) in [5.41, 5.74) is 1.11. The molecule has 0 unspecified atom stereocenters. The molecule has 0 aliphatic heterocycles. The minimum absolute atomic E-state index is 0.192. The summed E-state index contributed by atoms with van der Waals surface area (Å²) >= 11 is 0. The van der Waals surface area contributed by atoms with E-state index in [0.29, 0.717) is 46.9 Å². The van der Waals surface area contributed by atoms with Gasteiger partial charge in [-0.2, -0.15) is 0 Å². The van der Waals surface area contributed by atoms with Gasteiger partial charge in [-0.05, 0) is 24.3 Å². The van der Waals surface area contributed by atoms with Crippen LogP contribution in [0, 0.1) is 0 Å². The Morgan fingerprint density at radius 2 is 2.04 bits per heavy atom. The second-order valence-corrected chi connectivity index (χ2v) is 5.92. The fraction of sp³-hybridized carbons (Fsp3) is 0.150. The maximum absolute atomic E-state index is 12.4. The van der Waals surface area contributed by atoms with Gasteiger partial charge in [0, 0.05) is 12.4 Å². The molecule has 27 heavy (non-hydrogen) atoms. The van der Waals surface area contributed by atoms with Gasteiger partial charge in [-0.25, -0.2) is 9.97 Å². The number of aromatic amines is 1. The zero-order chi connectivity index (χ0) is 18.6. The first-order valence-corrected chi connectivity index (χ1v) is 8.51. The van der Waals surface area contributed by atoms with Crippen LogP contribution in [0.5, 0.6) is 11.5 Å². The molecule has 1 N–H and O–H groups in total. The van der Waals surface area contributed by atoms with Crippen molar-refractivity contribution < 1.29 is 9.47 Å². The molecule has 2 aromatic carbocycles. The first kappa shape index (κ1) is 16.8. The largest absolute Gasteiger partial charge is 0.493 e. The van der Waals surface area contributed by atoms with Crippen LogP contribution in [0.3, 0.4) is 0 Å². The smallest absolute Gasteiger partial charge is 0.259 e. The summed E-state index contributed by atoms with van der Waals surface area (Å²) in [7, 11) is 1.58. The number of rotatable bonds is 6. The molecule has 4 rings (SSSR count). The van der Waals surface area contributed by atoms with E-state index in [0.717, 1.165) is 0 Å². The Balaban J connectivity index is 1.73. The molecule has 0 saturated heterocycles. The third-order valence-corrected chi connectivity index (χ3v) is 4.22. The average Bonchev–Trinajstić information content (AvgIpc) is 3.21. The van der Waals surface area contributed by atoms with Gasteiger partial charge < -0.3 is 19.0 Å². The molecule has 0 bridgehead atoms. The van der Waals surface area contributed by atoms with Crippen molar-refractivity contribution in [1.29, 1.82) is 0 Å². The summed E-state index contributed by atoms with van der Waals surface area (Å²) in [5, 5.41) is 0.548. The van der Waals surface area contributed by atoms with Crippen LogP contribution < -0.4 is 15.0 Å². The van der Waals surface area contributed by atoms with Crippen molar-refractivity contribution in [3.63, 3.8) is 0 Å². The summed E-state index contributed by atoms with van der Waals surface area (Å²) in [6, 6.07) is 12.7. The minimum atomic E-state index is -0.192. The van der Waals surface area contributed by atoms with Crippen molar-refractivity contribution in [1.82, 2.24) is 19.5 Å². The van der Waals surface area contributed by atoms with Crippen LogP contribution in [-0.4, -0.2) is 33.2 Å². The van der Waals surface area contributed by atoms with Gasteiger partial charge in [0.25, 0.3) is 5.56 Å². The highest BCUT2D eigenvalue weighted by Gasteiger charge is 2.15. The SMILES string of the molecule is COc1cccc(-c2nc3ccccc3c(=O)[nH]2)c1OCCn1ccnc1. The Kier molecular flexibility index (Phi) is 4.57. The van der Waals surface area contributed by atoms with Crippen molar-refractivity contribution >= 4 is 10.9 Å². The van der Waals surface area contributed by atoms with Gasteiger partial charge in [0.2, 0.25) is 0 Å². The molecule has 0 aliphatic carbocycles. The van der Waals surface area contributed by atoms with E-state index in [1.54, 1.807) is 25.7 Å². The Morgan fingerprint density at radius 3 is 2.85 bits per heavy atom. The molecule has 0 spiro atoms. The van der Waals surface area contributed by atoms with Crippen molar-refractivity contribution in [2.45, 2.75) is 6.54 Å². The molecule has 0 aliphatic rings. The van der Waals surface area contributed by atoms with Gasteiger partial charge in [-0.1, -0.05) is 18.2 Å². The maximum Gasteiger partial charge on any atom is 0.259 e. The van der Waals surface area contributed by atoms with Crippen LogP contribution in [0.1, 0.15) is 0 Å². The zero-order valence-electron chi connectivity index (χ0n) is 14.8. The lowest BCUT2D eigenvalue weighted by Gasteiger charge is -2.15. The van der Waals surface area contributed by atoms with Crippen LogP contribution in [0.25, 0.3) is 22.3 Å². The van der Waals surface area contributed by atoms with Gasteiger partial charge in [0.1, 0.15) is 12.4 Å². The summed E-state index contributed by atoms with van der Waals surface area (Å²) < 4.78 is 13.4. The second-order valence-electron chi connectivity index (χ2n) is 5.92. The van der Waals surface area contributed by atoms with Gasteiger partial charge in [-0.15, -0.1) is 0 Å². The molecule has 7 nitrogen and oxygen atoms in total. The van der Waals surface area contributed by atoms with Crippen LogP contribution in [0.2, 0.25) is 0 Å². The van der Waals surface area contributed by atoms with Crippen molar-refractivity contribution in [3.8, 4) is 22.9 Å². The molecule has 4 aromatic rings. The van der Waals surface area contributed by atoms with E-state index >= 15 is 0 Å². The molecule has 0 saturated carbocycles. The molecule has 2 aromatic heterocycles. The third kappa shape index (κ3) is 3.39. The normalized spacial score (nSPS) is 10.9. The van der Waals surface area contributed by atoms with E-state index in [1.165, 1.54) is 0 Å². The number of imidazole rings is 1. The van der Waals surface area contributed by atoms with Crippen molar-refractivity contribution in [2.24, 2.45) is 0 Å². The first-order chi connectivity index (χ1) is 13.3. The maximum atomic E-state index is 12.4. The molecule has 0 radical (unpaired) electrons. The number of hydrogen-bond acceptors (Lipinski definition) is 5. The molecule has 2 heterocycles. The van der Waals surface area contributed by atoms with Crippen LogP contribution in [-0.2, 0) is 6.54 Å². The second kappa shape index (κ2) is 7.33. The Hall–Kier alpha value is -3.61. The number of H-pyrrole nitrogens is 1. The Bertz CT molecular complexity index is 1120. The molecular weight excluding hydrogens is 344 g/mol. The van der Waals surface area contributed by atoms with Crippen molar-refractivity contribution in [3.05, 3.63) is 71.5 Å². The lowest BCUT2D eigenvalue weighted by atomic mass is 10.1. The molecule has 136 valence electrons. The highest BCUT2D eigenvalue weighted by molar-refractivity contribution is 5.80. The standard InChI is InChI=1S/C20H18N4O3/c1-26-17-8-4-6-15(18(17)27-12-11-24-10-9-21-13-24)19-22-16-7-3-2-5-14(16)20(25)23-19/h2-10,13H,11-12H2,1H3,(H,22,23,25). The number of ether oxygens (including phenoxy) is 2. The van der Waals surface area contributed by atoms with Gasteiger partial charge in [0.05, 0.1) is 36.4 Å². The van der Waals surface area contributed by atoms with Gasteiger partial charge in [0.15, 0.2) is 11.5 Å². The highest BCUT2D eigenvalue weighted by atomic mass is 16.5. The molecule has 0 amide bonds. The fourth-order valence-electron chi connectivity index (χ4n) is 2.90. The molecule has 7 heteroatoms. The summed E-state index contributed by atoms with van der Waals surface area (Å²) in [6.45, 7) is 1.06. The summed E-state index contributed by atoms with van der Waals surface area (Å²) in [6.07, 6.45) is 5.32. The van der Waals surface area contributed by atoms with Crippen LogP contribution in [0.4, 0.5) is 0 Å². The van der Waals surface area contributed by atoms with Crippen molar-refractivity contribution in [2.75, 3.05) is 13.7 Å². The number of benzene rings is 2. The predicted molar refractivity (Wildman–Crippen MR) is 102 cm³/mol. The monoisotopic (exact) mass is 362 g/mol. The fourth-order valence-corrected chi connectivity index (χ4v) is 2.90. The van der Waals surface area contributed by atoms with E-state index < -0.39 is 0 Å². The number of methoxy groups -OCH3 is 1. The third-order valence-electron chi connectivity index (χ3n) is 4.22. The topological polar surface area (TPSA) is 82.0 Å². The number of fused-ring (bicyclic) bond motifs is 1. The van der Waals surface area contributed by atoms with E-state index in [2.05, 4.69) is 15.0 Å². The van der Waals surface area contributed by atoms with E-state index in [1.807, 2.05) is 47.2 Å². The van der Waals surface area contributed by atoms with E-state index in [9.17, 15) is 4.79 Å². The van der Waals surface area contributed by atoms with E-state index in [-0.39, 0.29) is 5.56 Å². The number of hydrogen-bond donors (Lipinski definition) is 1. The minimum Gasteiger partial charge on any atom is -0.493 e. The Morgan fingerprint density at radius 1 is 1.15 bits per heavy atom. The molecule has 0 fully saturated rings. The summed E-state index contributed by atoms with van der Waals surface area (Å²) in [4.78, 5) is 23.9. The number of nitrogens with zero attached hydrogens (tertiary/aromatic N) is 3. The van der Waals surface area contributed by atoms with E-state index in [4.69, 9.17) is 9.47 Å². The lowest BCUT2D eigenvalue weighted by Crippen LogP contribution is -2.11. The molecular formula is C20H18N4O3. The summed E-state index contributed by atoms with van der Waals surface area (Å²) in [5.74, 6) is 1.56. The first-order valence-electron chi connectivity index (χ1n) is 8.51. The Labute approximate surface area is 155 Å². The number of aromatic nitrogens is 4. The van der Waals surface area contributed by atoms with Gasteiger partial charge >= 0.3 is 0 Å². The average molecular weight is 362 g/mol. The zero-order valence-corrected chi connectivity index (χ0v) is 14.8. The highest BCUT2D eigenvalue weighted by Crippen LogP contribution is 2.36. The molecule has 0 atom stereocenters. The number of para-hydroxylation sites is 2. The van der Waals surface area contributed by atoms with Crippen LogP contribution >= 0.6 is 0 Å². The van der Waals surface area contributed by atoms with Gasteiger partial charge in [-0.3, -0.25) is 4.79 Å².